The van der Waals surface area contributed by atoms with E-state index in [9.17, 15) is 4.79 Å². The topological polar surface area (TPSA) is 42.0 Å². The monoisotopic (exact) mass is 314 g/mol. The van der Waals surface area contributed by atoms with Gasteiger partial charge < -0.3 is 5.32 Å². The van der Waals surface area contributed by atoms with Crippen LogP contribution in [0.5, 0.6) is 0 Å². The Balaban J connectivity index is 1.45. The van der Waals surface area contributed by atoms with Crippen LogP contribution in [-0.2, 0) is 11.2 Å². The summed E-state index contributed by atoms with van der Waals surface area (Å²) >= 11 is 0. The van der Waals surface area contributed by atoms with E-state index in [0.717, 1.165) is 31.7 Å². The molecule has 2 saturated carbocycles. The van der Waals surface area contributed by atoms with E-state index in [4.69, 9.17) is 0 Å². The second-order valence-corrected chi connectivity index (χ2v) is 8.32. The maximum absolute atomic E-state index is 12.4. The number of hydrogen-bond donors (Lipinski definition) is 1. The maximum Gasteiger partial charge on any atom is 0.223 e. The third-order valence-electron chi connectivity index (χ3n) is 6.82. The van der Waals surface area contributed by atoms with Gasteiger partial charge in [0.25, 0.3) is 0 Å². The maximum atomic E-state index is 12.4. The third-order valence-corrected chi connectivity index (χ3v) is 6.82. The van der Waals surface area contributed by atoms with Crippen LogP contribution in [0, 0.1) is 22.7 Å². The molecule has 1 N–H and O–H groups in total. The minimum Gasteiger partial charge on any atom is -0.356 e. The first-order valence-corrected chi connectivity index (χ1v) is 9.11. The van der Waals surface area contributed by atoms with E-state index in [0.29, 0.717) is 10.8 Å². The van der Waals surface area contributed by atoms with Gasteiger partial charge in [-0.05, 0) is 73.0 Å². The molecule has 1 amide bonds. The van der Waals surface area contributed by atoms with Crippen molar-refractivity contribution in [2.45, 2.75) is 59.3 Å². The lowest BCUT2D eigenvalue weighted by atomic mass is 9.41. The number of hydrogen-bond acceptors (Lipinski definition) is 2. The SMILES string of the molecule is CC1CC(C)(C)C12CCC(C(=O)NCCc1ccncc1)CC2. The Bertz CT molecular complexity index is 544. The highest BCUT2D eigenvalue weighted by atomic mass is 16.1. The highest BCUT2D eigenvalue weighted by Gasteiger charge is 2.58. The smallest absolute Gasteiger partial charge is 0.223 e. The van der Waals surface area contributed by atoms with E-state index < -0.39 is 0 Å². The van der Waals surface area contributed by atoms with Crippen molar-refractivity contribution in [2.75, 3.05) is 6.54 Å². The zero-order valence-electron chi connectivity index (χ0n) is 14.8. The standard InChI is InChI=1S/C20H30N2O/c1-15-14-19(2,3)20(15)9-4-17(5-10-20)18(23)22-13-8-16-6-11-21-12-7-16/h6-7,11-12,15,17H,4-5,8-10,13-14H2,1-3H3,(H,22,23). The van der Waals surface area contributed by atoms with E-state index in [2.05, 4.69) is 31.1 Å². The first-order chi connectivity index (χ1) is 10.9. The minimum atomic E-state index is 0.224. The normalized spacial score (nSPS) is 32.3. The fraction of sp³-hybridized carbons (Fsp3) is 0.700. The van der Waals surface area contributed by atoms with Crippen LogP contribution in [0.25, 0.3) is 0 Å². The molecule has 1 aromatic rings. The first kappa shape index (κ1) is 16.5. The van der Waals surface area contributed by atoms with Crippen molar-refractivity contribution in [3.05, 3.63) is 30.1 Å². The number of aromatic nitrogens is 1. The number of carbonyl (C=O) groups is 1. The van der Waals surface area contributed by atoms with Crippen molar-refractivity contribution < 1.29 is 4.79 Å². The molecular formula is C20H30N2O. The summed E-state index contributed by atoms with van der Waals surface area (Å²) in [5.74, 6) is 1.31. The van der Waals surface area contributed by atoms with E-state index in [1.54, 1.807) is 12.4 Å². The highest BCUT2D eigenvalue weighted by Crippen LogP contribution is 2.67. The number of amides is 1. The van der Waals surface area contributed by atoms with Gasteiger partial charge in [0, 0.05) is 24.9 Å². The summed E-state index contributed by atoms with van der Waals surface area (Å²) in [4.78, 5) is 16.4. The summed E-state index contributed by atoms with van der Waals surface area (Å²) in [6, 6.07) is 4.02. The molecule has 2 aliphatic rings. The fourth-order valence-electron chi connectivity index (χ4n) is 5.29. The largest absolute Gasteiger partial charge is 0.356 e. The van der Waals surface area contributed by atoms with Crippen molar-refractivity contribution in [2.24, 2.45) is 22.7 Å². The average Bonchev–Trinajstić information content (AvgIpc) is 2.55. The molecule has 1 atom stereocenters. The highest BCUT2D eigenvalue weighted by molar-refractivity contribution is 5.78. The zero-order chi connectivity index (χ0) is 16.5. The summed E-state index contributed by atoms with van der Waals surface area (Å²) in [7, 11) is 0. The Kier molecular flexibility index (Phi) is 4.48. The van der Waals surface area contributed by atoms with Crippen LogP contribution in [0.3, 0.4) is 0 Å². The Hall–Kier alpha value is -1.38. The van der Waals surface area contributed by atoms with Gasteiger partial charge in [-0.15, -0.1) is 0 Å². The Labute approximate surface area is 140 Å². The third kappa shape index (κ3) is 3.02. The van der Waals surface area contributed by atoms with Crippen LogP contribution in [0.15, 0.2) is 24.5 Å². The van der Waals surface area contributed by atoms with Crippen molar-refractivity contribution in [3.8, 4) is 0 Å². The van der Waals surface area contributed by atoms with Crippen LogP contribution >= 0.6 is 0 Å². The number of pyridine rings is 1. The van der Waals surface area contributed by atoms with Crippen LogP contribution in [0.2, 0.25) is 0 Å². The van der Waals surface area contributed by atoms with Gasteiger partial charge in [0.15, 0.2) is 0 Å². The molecule has 1 heterocycles. The Morgan fingerprint density at radius 1 is 1.26 bits per heavy atom. The summed E-state index contributed by atoms with van der Waals surface area (Å²) in [5.41, 5.74) is 2.20. The second kappa shape index (κ2) is 6.26. The van der Waals surface area contributed by atoms with Gasteiger partial charge in [-0.3, -0.25) is 9.78 Å². The van der Waals surface area contributed by atoms with Crippen LogP contribution in [0.1, 0.15) is 58.4 Å². The molecule has 3 heteroatoms. The molecular weight excluding hydrogens is 284 g/mol. The fourth-order valence-corrected chi connectivity index (χ4v) is 5.29. The molecule has 0 aliphatic heterocycles. The van der Waals surface area contributed by atoms with Crippen molar-refractivity contribution >= 4 is 5.91 Å². The summed E-state index contributed by atoms with van der Waals surface area (Å²) in [6.07, 6.45) is 10.4. The Morgan fingerprint density at radius 3 is 2.48 bits per heavy atom. The predicted molar refractivity (Wildman–Crippen MR) is 92.9 cm³/mol. The van der Waals surface area contributed by atoms with Crippen LogP contribution in [-0.4, -0.2) is 17.4 Å². The van der Waals surface area contributed by atoms with Crippen LogP contribution in [0.4, 0.5) is 0 Å². The number of rotatable bonds is 4. The lowest BCUT2D eigenvalue weighted by molar-refractivity contribution is -0.152. The molecule has 0 bridgehead atoms. The van der Waals surface area contributed by atoms with E-state index in [-0.39, 0.29) is 11.8 Å². The molecule has 2 fully saturated rings. The zero-order valence-corrected chi connectivity index (χ0v) is 14.8. The van der Waals surface area contributed by atoms with Gasteiger partial charge in [-0.1, -0.05) is 20.8 Å². The van der Waals surface area contributed by atoms with Crippen molar-refractivity contribution in [1.29, 1.82) is 0 Å². The van der Waals surface area contributed by atoms with E-state index in [1.807, 2.05) is 12.1 Å². The molecule has 23 heavy (non-hydrogen) atoms. The molecule has 1 unspecified atom stereocenters. The Morgan fingerprint density at radius 2 is 1.91 bits per heavy atom. The predicted octanol–water partition coefficient (Wildman–Crippen LogP) is 3.98. The molecule has 0 aromatic carbocycles. The summed E-state index contributed by atoms with van der Waals surface area (Å²) in [6.45, 7) is 7.97. The summed E-state index contributed by atoms with van der Waals surface area (Å²) in [5, 5.41) is 3.14. The van der Waals surface area contributed by atoms with Crippen LogP contribution < -0.4 is 5.32 Å². The van der Waals surface area contributed by atoms with Crippen molar-refractivity contribution in [3.63, 3.8) is 0 Å². The van der Waals surface area contributed by atoms with E-state index in [1.165, 1.54) is 24.8 Å². The molecule has 0 saturated heterocycles. The molecule has 1 aromatic heterocycles. The van der Waals surface area contributed by atoms with Gasteiger partial charge in [-0.2, -0.15) is 0 Å². The number of nitrogens with zero attached hydrogens (tertiary/aromatic N) is 1. The molecule has 126 valence electrons. The molecule has 0 radical (unpaired) electrons. The van der Waals surface area contributed by atoms with Crippen molar-refractivity contribution in [1.82, 2.24) is 10.3 Å². The van der Waals surface area contributed by atoms with E-state index >= 15 is 0 Å². The molecule has 2 aliphatic carbocycles. The minimum absolute atomic E-state index is 0.224. The number of carbonyl (C=O) groups excluding carboxylic acids is 1. The second-order valence-electron chi connectivity index (χ2n) is 8.32. The molecule has 1 spiro atoms. The molecule has 3 nitrogen and oxygen atoms in total. The quantitative estimate of drug-likeness (QED) is 0.913. The number of nitrogens with one attached hydrogen (secondary N) is 1. The summed E-state index contributed by atoms with van der Waals surface area (Å²) < 4.78 is 0. The van der Waals surface area contributed by atoms with Gasteiger partial charge >= 0.3 is 0 Å². The van der Waals surface area contributed by atoms with Gasteiger partial charge in [0.05, 0.1) is 0 Å². The van der Waals surface area contributed by atoms with Gasteiger partial charge in [0.2, 0.25) is 5.91 Å². The first-order valence-electron chi connectivity index (χ1n) is 9.11. The molecule has 3 rings (SSSR count). The lowest BCUT2D eigenvalue weighted by Gasteiger charge is -2.64. The lowest BCUT2D eigenvalue weighted by Crippen LogP contribution is -2.56. The van der Waals surface area contributed by atoms with Gasteiger partial charge in [0.1, 0.15) is 0 Å². The van der Waals surface area contributed by atoms with Gasteiger partial charge in [-0.25, -0.2) is 0 Å². The average molecular weight is 314 g/mol.